The van der Waals surface area contributed by atoms with Crippen molar-refractivity contribution in [1.82, 2.24) is 9.80 Å². The molecule has 8 heteroatoms. The van der Waals surface area contributed by atoms with Gasteiger partial charge in [0, 0.05) is 31.2 Å². The van der Waals surface area contributed by atoms with Gasteiger partial charge in [-0.1, -0.05) is 11.6 Å². The van der Waals surface area contributed by atoms with Crippen LogP contribution in [0.1, 0.15) is 40.1 Å². The van der Waals surface area contributed by atoms with Crippen molar-refractivity contribution < 1.29 is 18.4 Å². The topological polar surface area (TPSA) is 76.1 Å². The largest absolute Gasteiger partial charge is 0.464 e. The number of halogens is 1. The quantitative estimate of drug-likeness (QED) is 0.600. The van der Waals surface area contributed by atoms with E-state index in [9.17, 15) is 9.59 Å². The molecule has 1 amide bonds. The summed E-state index contributed by atoms with van der Waals surface area (Å²) < 4.78 is 17.2. The van der Waals surface area contributed by atoms with E-state index in [0.29, 0.717) is 33.9 Å². The molecule has 4 heterocycles. The first kappa shape index (κ1) is 20.3. The molecule has 1 aromatic carbocycles. The van der Waals surface area contributed by atoms with Gasteiger partial charge in [-0.2, -0.15) is 0 Å². The van der Waals surface area contributed by atoms with Crippen LogP contribution >= 0.6 is 11.6 Å². The molecule has 162 valence electrons. The molecule has 3 aromatic rings. The van der Waals surface area contributed by atoms with Gasteiger partial charge in [-0.25, -0.2) is 0 Å². The minimum atomic E-state index is -0.611. The highest BCUT2D eigenvalue weighted by molar-refractivity contribution is 6.31. The zero-order valence-electron chi connectivity index (χ0n) is 17.2. The number of nitrogens with zero attached hydrogens (tertiary/aromatic N) is 2. The maximum atomic E-state index is 13.4. The molecule has 1 atom stereocenters. The van der Waals surface area contributed by atoms with Gasteiger partial charge < -0.3 is 18.5 Å². The number of rotatable bonds is 5. The van der Waals surface area contributed by atoms with Gasteiger partial charge in [0.05, 0.1) is 24.2 Å². The lowest BCUT2D eigenvalue weighted by molar-refractivity contribution is 0.0352. The Bertz CT molecular complexity index is 1190. The number of fused-ring (bicyclic) bond motifs is 2. The highest BCUT2D eigenvalue weighted by Gasteiger charge is 2.44. The van der Waals surface area contributed by atoms with Crippen molar-refractivity contribution >= 4 is 28.5 Å². The number of amides is 1. The monoisotopic (exact) mass is 442 g/mol. The molecule has 1 fully saturated rings. The Morgan fingerprint density at radius 1 is 1.06 bits per heavy atom. The van der Waals surface area contributed by atoms with Crippen LogP contribution in [0.4, 0.5) is 0 Å². The molecule has 0 unspecified atom stereocenters. The van der Waals surface area contributed by atoms with E-state index in [-0.39, 0.29) is 17.1 Å². The second-order valence-electron chi connectivity index (χ2n) is 7.97. The lowest BCUT2D eigenvalue weighted by Gasteiger charge is -2.28. The Hall–Kier alpha value is -2.61. The third-order valence-electron chi connectivity index (χ3n) is 5.94. The minimum Gasteiger partial charge on any atom is -0.464 e. The number of furan rings is 1. The molecule has 0 N–H and O–H groups in total. The van der Waals surface area contributed by atoms with Crippen molar-refractivity contribution in [3.63, 3.8) is 0 Å². The van der Waals surface area contributed by atoms with Crippen LogP contribution in [0.25, 0.3) is 11.0 Å². The summed E-state index contributed by atoms with van der Waals surface area (Å²) in [6.45, 7) is 6.43. The smallest absolute Gasteiger partial charge is 0.291 e. The van der Waals surface area contributed by atoms with Gasteiger partial charge >= 0.3 is 0 Å². The number of ether oxygens (including phenoxy) is 1. The van der Waals surface area contributed by atoms with Crippen molar-refractivity contribution in [2.45, 2.75) is 19.4 Å². The summed E-state index contributed by atoms with van der Waals surface area (Å²) in [5.41, 5.74) is 0.424. The summed E-state index contributed by atoms with van der Waals surface area (Å²) in [6.07, 6.45) is 0.773. The predicted octanol–water partition coefficient (Wildman–Crippen LogP) is 3.62. The van der Waals surface area contributed by atoms with Crippen molar-refractivity contribution in [3.05, 3.63) is 68.4 Å². The summed E-state index contributed by atoms with van der Waals surface area (Å²) in [5.74, 6) is 1.08. The number of hydrogen-bond acceptors (Lipinski definition) is 6. The molecule has 0 radical (unpaired) electrons. The van der Waals surface area contributed by atoms with Crippen LogP contribution < -0.4 is 5.43 Å². The molecule has 0 saturated carbocycles. The molecule has 0 bridgehead atoms. The van der Waals surface area contributed by atoms with Crippen LogP contribution in [0.5, 0.6) is 0 Å². The van der Waals surface area contributed by atoms with E-state index < -0.39 is 6.04 Å². The number of carbonyl (C=O) groups is 1. The first-order valence-electron chi connectivity index (χ1n) is 10.5. The second kappa shape index (κ2) is 8.15. The Morgan fingerprint density at radius 2 is 1.87 bits per heavy atom. The van der Waals surface area contributed by atoms with E-state index in [1.54, 1.807) is 23.1 Å². The van der Waals surface area contributed by atoms with Gasteiger partial charge in [-0.15, -0.1) is 0 Å². The van der Waals surface area contributed by atoms with Gasteiger partial charge in [-0.05, 0) is 43.7 Å². The Morgan fingerprint density at radius 3 is 2.61 bits per heavy atom. The fourth-order valence-electron chi connectivity index (χ4n) is 4.41. The van der Waals surface area contributed by atoms with Gasteiger partial charge in [-0.3, -0.25) is 14.5 Å². The molecule has 0 spiro atoms. The normalized spacial score (nSPS) is 19.4. The van der Waals surface area contributed by atoms with Crippen LogP contribution in [-0.4, -0.2) is 55.1 Å². The fourth-order valence-corrected chi connectivity index (χ4v) is 4.58. The van der Waals surface area contributed by atoms with Crippen molar-refractivity contribution in [3.8, 4) is 0 Å². The molecule has 2 aromatic heterocycles. The fraction of sp³-hybridized carbons (Fsp3) is 0.391. The lowest BCUT2D eigenvalue weighted by Crippen LogP contribution is -2.38. The summed E-state index contributed by atoms with van der Waals surface area (Å²) in [5, 5.41) is 0.805. The van der Waals surface area contributed by atoms with Crippen molar-refractivity contribution in [2.24, 2.45) is 0 Å². The van der Waals surface area contributed by atoms with E-state index >= 15 is 0 Å². The summed E-state index contributed by atoms with van der Waals surface area (Å²) in [7, 11) is 0. The molecule has 31 heavy (non-hydrogen) atoms. The average molecular weight is 443 g/mol. The van der Waals surface area contributed by atoms with E-state index in [0.717, 1.165) is 45.0 Å². The number of morpholine rings is 1. The standard InChI is InChI=1S/C23H23ClN2O5/c1-14-3-5-18(30-14)20-19-21(27)16-13-15(24)4-6-17(16)31-22(19)23(28)26(20)8-2-7-25-9-11-29-12-10-25/h3-6,13,20H,2,7-12H2,1H3/t20-/m0/s1. The van der Waals surface area contributed by atoms with Crippen molar-refractivity contribution in [2.75, 3.05) is 39.4 Å². The zero-order chi connectivity index (χ0) is 21.5. The Kier molecular flexibility index (Phi) is 5.33. The third-order valence-corrected chi connectivity index (χ3v) is 6.17. The molecule has 0 aliphatic carbocycles. The minimum absolute atomic E-state index is 0.0882. The van der Waals surface area contributed by atoms with Crippen LogP contribution in [-0.2, 0) is 4.74 Å². The van der Waals surface area contributed by atoms with E-state index in [2.05, 4.69) is 4.90 Å². The number of aryl methyl sites for hydroxylation is 1. The lowest BCUT2D eigenvalue weighted by atomic mass is 10.0. The van der Waals surface area contributed by atoms with Gasteiger partial charge in [0.15, 0.2) is 5.43 Å². The molecule has 2 aliphatic heterocycles. The summed E-state index contributed by atoms with van der Waals surface area (Å²) in [6, 6.07) is 7.90. The van der Waals surface area contributed by atoms with Crippen molar-refractivity contribution in [1.29, 1.82) is 0 Å². The summed E-state index contributed by atoms with van der Waals surface area (Å²) in [4.78, 5) is 30.7. The van der Waals surface area contributed by atoms with Gasteiger partial charge in [0.2, 0.25) is 5.76 Å². The summed E-state index contributed by atoms with van der Waals surface area (Å²) >= 11 is 6.11. The van der Waals surface area contributed by atoms with Gasteiger partial charge in [0.1, 0.15) is 23.1 Å². The zero-order valence-corrected chi connectivity index (χ0v) is 18.0. The van der Waals surface area contributed by atoms with Crippen LogP contribution in [0.2, 0.25) is 5.02 Å². The van der Waals surface area contributed by atoms with Gasteiger partial charge in [0.25, 0.3) is 5.91 Å². The highest BCUT2D eigenvalue weighted by atomic mass is 35.5. The number of benzene rings is 1. The predicted molar refractivity (Wildman–Crippen MR) is 116 cm³/mol. The number of carbonyl (C=O) groups excluding carboxylic acids is 1. The Labute approximate surface area is 184 Å². The number of hydrogen-bond donors (Lipinski definition) is 0. The molecular formula is C23H23ClN2O5. The highest BCUT2D eigenvalue weighted by Crippen LogP contribution is 2.39. The van der Waals surface area contributed by atoms with E-state index in [1.165, 1.54) is 0 Å². The van der Waals surface area contributed by atoms with E-state index in [1.807, 2.05) is 19.1 Å². The van der Waals surface area contributed by atoms with E-state index in [4.69, 9.17) is 25.2 Å². The molecular weight excluding hydrogens is 420 g/mol. The van der Waals surface area contributed by atoms with Crippen LogP contribution in [0, 0.1) is 6.92 Å². The SMILES string of the molecule is Cc1ccc([C@H]2c3c(oc4ccc(Cl)cc4c3=O)C(=O)N2CCCN2CCOCC2)o1. The first-order chi connectivity index (χ1) is 15.0. The maximum Gasteiger partial charge on any atom is 0.291 e. The average Bonchev–Trinajstić information content (AvgIpc) is 3.31. The van der Waals surface area contributed by atoms with Crippen LogP contribution in [0.15, 0.2) is 44.0 Å². The third kappa shape index (κ3) is 3.67. The molecule has 2 aliphatic rings. The first-order valence-corrected chi connectivity index (χ1v) is 10.8. The Balaban J connectivity index is 1.52. The second-order valence-corrected chi connectivity index (χ2v) is 8.41. The maximum absolute atomic E-state index is 13.4. The van der Waals surface area contributed by atoms with Crippen LogP contribution in [0.3, 0.4) is 0 Å². The molecule has 5 rings (SSSR count). The molecule has 7 nitrogen and oxygen atoms in total. The molecule has 1 saturated heterocycles.